The van der Waals surface area contributed by atoms with E-state index < -0.39 is 5.97 Å². The van der Waals surface area contributed by atoms with Crippen molar-refractivity contribution in [2.24, 2.45) is 11.8 Å². The number of likely N-dealkylation sites (tertiary alicyclic amines) is 1. The molecule has 8 heteroatoms. The maximum Gasteiger partial charge on any atom is 0.337 e. The van der Waals surface area contributed by atoms with Crippen LogP contribution in [-0.4, -0.2) is 51.8 Å². The van der Waals surface area contributed by atoms with Gasteiger partial charge in [-0.3, -0.25) is 14.2 Å². The summed E-state index contributed by atoms with van der Waals surface area (Å²) >= 11 is 1.32. The molecule has 1 aliphatic carbocycles. The molecule has 2 atom stereocenters. The monoisotopic (exact) mass is 471 g/mol. The molecule has 33 heavy (non-hydrogen) atoms. The van der Waals surface area contributed by atoms with E-state index in [0.29, 0.717) is 40.1 Å². The maximum atomic E-state index is 13.3. The zero-order valence-electron chi connectivity index (χ0n) is 19.7. The minimum absolute atomic E-state index is 0.130. The van der Waals surface area contributed by atoms with Crippen LogP contribution >= 0.6 is 11.8 Å². The van der Waals surface area contributed by atoms with Gasteiger partial charge in [-0.25, -0.2) is 9.78 Å². The standard InChI is InChI=1S/C25H33N3O4S/c1-16(2)14-28-23(30)19-11-10-18(24(31)32-3)13-20(19)26-25(28)33-15-22(29)27-12-6-8-17-7-4-5-9-21(17)27/h10-11,13,16-17,21H,4-9,12,14-15H2,1-3H3. The molecule has 2 unspecified atom stereocenters. The van der Waals surface area contributed by atoms with Gasteiger partial charge in [-0.15, -0.1) is 0 Å². The summed E-state index contributed by atoms with van der Waals surface area (Å²) in [6, 6.07) is 5.17. The second-order valence-electron chi connectivity index (χ2n) is 9.56. The fourth-order valence-corrected chi connectivity index (χ4v) is 6.12. The zero-order valence-corrected chi connectivity index (χ0v) is 20.5. The van der Waals surface area contributed by atoms with E-state index >= 15 is 0 Å². The highest BCUT2D eigenvalue weighted by Crippen LogP contribution is 2.35. The molecule has 1 saturated carbocycles. The van der Waals surface area contributed by atoms with Crippen LogP contribution in [-0.2, 0) is 16.1 Å². The molecular weight excluding hydrogens is 438 g/mol. The molecule has 0 N–H and O–H groups in total. The summed E-state index contributed by atoms with van der Waals surface area (Å²) < 4.78 is 6.48. The van der Waals surface area contributed by atoms with E-state index in [1.807, 2.05) is 13.8 Å². The highest BCUT2D eigenvalue weighted by molar-refractivity contribution is 7.99. The Bertz CT molecular complexity index is 1090. The number of rotatable bonds is 6. The number of ether oxygens (including phenoxy) is 1. The van der Waals surface area contributed by atoms with Crippen molar-refractivity contribution in [1.82, 2.24) is 14.5 Å². The molecule has 2 aromatic rings. The van der Waals surface area contributed by atoms with E-state index in [9.17, 15) is 14.4 Å². The average molecular weight is 472 g/mol. The van der Waals surface area contributed by atoms with Crippen LogP contribution in [0.25, 0.3) is 10.9 Å². The van der Waals surface area contributed by atoms with Crippen LogP contribution in [0.1, 0.15) is 62.7 Å². The van der Waals surface area contributed by atoms with Gasteiger partial charge >= 0.3 is 5.97 Å². The number of aromatic nitrogens is 2. The molecule has 0 bridgehead atoms. The molecule has 2 aliphatic rings. The molecule has 1 saturated heterocycles. The van der Waals surface area contributed by atoms with Crippen molar-refractivity contribution < 1.29 is 14.3 Å². The van der Waals surface area contributed by atoms with Crippen LogP contribution in [0, 0.1) is 11.8 Å². The summed E-state index contributed by atoms with van der Waals surface area (Å²) in [7, 11) is 1.32. The number of carbonyl (C=O) groups is 2. The van der Waals surface area contributed by atoms with Crippen molar-refractivity contribution in [3.8, 4) is 0 Å². The zero-order chi connectivity index (χ0) is 23.5. The Morgan fingerprint density at radius 1 is 1.18 bits per heavy atom. The van der Waals surface area contributed by atoms with Gasteiger partial charge in [0.2, 0.25) is 5.91 Å². The molecule has 1 aliphatic heterocycles. The lowest BCUT2D eigenvalue weighted by Gasteiger charge is -2.44. The maximum absolute atomic E-state index is 13.3. The number of nitrogens with zero attached hydrogens (tertiary/aromatic N) is 3. The Hall–Kier alpha value is -2.35. The quantitative estimate of drug-likeness (QED) is 0.358. The summed E-state index contributed by atoms with van der Waals surface area (Å²) in [6.45, 7) is 5.44. The number of amides is 1. The van der Waals surface area contributed by atoms with E-state index in [-0.39, 0.29) is 23.1 Å². The van der Waals surface area contributed by atoms with Crippen LogP contribution in [0.2, 0.25) is 0 Å². The van der Waals surface area contributed by atoms with Gasteiger partial charge in [-0.1, -0.05) is 38.5 Å². The Kier molecular flexibility index (Phi) is 7.41. The predicted molar refractivity (Wildman–Crippen MR) is 130 cm³/mol. The van der Waals surface area contributed by atoms with Gasteiger partial charge in [-0.05, 0) is 55.7 Å². The van der Waals surface area contributed by atoms with E-state index in [0.717, 1.165) is 19.4 Å². The summed E-state index contributed by atoms with van der Waals surface area (Å²) in [6.07, 6.45) is 7.09. The fourth-order valence-electron chi connectivity index (χ4n) is 5.23. The van der Waals surface area contributed by atoms with Gasteiger partial charge in [0.05, 0.1) is 29.3 Å². The second kappa shape index (κ2) is 10.3. The minimum Gasteiger partial charge on any atom is -0.465 e. The van der Waals surface area contributed by atoms with Gasteiger partial charge in [0.25, 0.3) is 5.56 Å². The van der Waals surface area contributed by atoms with Crippen LogP contribution in [0.15, 0.2) is 28.2 Å². The van der Waals surface area contributed by atoms with Gasteiger partial charge in [0.1, 0.15) is 0 Å². The summed E-state index contributed by atoms with van der Waals surface area (Å²) in [4.78, 5) is 45.2. The number of thioether (sulfide) groups is 1. The predicted octanol–water partition coefficient (Wildman–Crippen LogP) is 4.11. The first kappa shape index (κ1) is 23.8. The molecule has 2 heterocycles. The minimum atomic E-state index is -0.471. The van der Waals surface area contributed by atoms with Crippen LogP contribution in [0.3, 0.4) is 0 Å². The third-order valence-electron chi connectivity index (χ3n) is 6.78. The smallest absolute Gasteiger partial charge is 0.337 e. The number of piperidine rings is 1. The summed E-state index contributed by atoms with van der Waals surface area (Å²) in [5, 5.41) is 0.980. The van der Waals surface area contributed by atoms with Gasteiger partial charge in [0.15, 0.2) is 5.16 Å². The van der Waals surface area contributed by atoms with Crippen LogP contribution in [0.4, 0.5) is 0 Å². The van der Waals surface area contributed by atoms with E-state index in [1.54, 1.807) is 22.8 Å². The third-order valence-corrected chi connectivity index (χ3v) is 7.74. The highest BCUT2D eigenvalue weighted by Gasteiger charge is 2.35. The molecule has 178 valence electrons. The lowest BCUT2D eigenvalue weighted by Crippen LogP contribution is -2.50. The first-order chi connectivity index (χ1) is 15.9. The van der Waals surface area contributed by atoms with Crippen molar-refractivity contribution in [3.05, 3.63) is 34.1 Å². The topological polar surface area (TPSA) is 81.5 Å². The first-order valence-corrected chi connectivity index (χ1v) is 12.9. The molecule has 0 radical (unpaired) electrons. The van der Waals surface area contributed by atoms with Crippen molar-refractivity contribution in [3.63, 3.8) is 0 Å². The number of hydrogen-bond acceptors (Lipinski definition) is 6. The van der Waals surface area contributed by atoms with Gasteiger partial charge < -0.3 is 9.64 Å². The molecule has 7 nitrogen and oxygen atoms in total. The number of carbonyl (C=O) groups excluding carboxylic acids is 2. The van der Waals surface area contributed by atoms with Gasteiger partial charge in [-0.2, -0.15) is 0 Å². The Morgan fingerprint density at radius 3 is 2.70 bits per heavy atom. The average Bonchev–Trinajstić information content (AvgIpc) is 2.83. The number of benzene rings is 1. The third kappa shape index (κ3) is 5.10. The van der Waals surface area contributed by atoms with Crippen molar-refractivity contribution in [1.29, 1.82) is 0 Å². The molecule has 4 rings (SSSR count). The SMILES string of the molecule is COC(=O)c1ccc2c(=O)n(CC(C)C)c(SCC(=O)N3CCCC4CCCCC43)nc2c1. The molecule has 1 amide bonds. The van der Waals surface area contributed by atoms with E-state index in [4.69, 9.17) is 9.72 Å². The molecule has 0 spiro atoms. The summed E-state index contributed by atoms with van der Waals surface area (Å²) in [5.41, 5.74) is 0.649. The first-order valence-electron chi connectivity index (χ1n) is 11.9. The van der Waals surface area contributed by atoms with E-state index in [2.05, 4.69) is 4.90 Å². The number of hydrogen-bond donors (Lipinski definition) is 0. The Balaban J connectivity index is 1.61. The Morgan fingerprint density at radius 2 is 1.94 bits per heavy atom. The normalized spacial score (nSPS) is 20.7. The van der Waals surface area contributed by atoms with E-state index in [1.165, 1.54) is 44.6 Å². The molecular formula is C25H33N3O4S. The van der Waals surface area contributed by atoms with Crippen molar-refractivity contribution >= 4 is 34.5 Å². The second-order valence-corrected chi connectivity index (χ2v) is 10.5. The van der Waals surface area contributed by atoms with Crippen LogP contribution in [0.5, 0.6) is 0 Å². The van der Waals surface area contributed by atoms with Crippen LogP contribution < -0.4 is 5.56 Å². The molecule has 1 aromatic heterocycles. The lowest BCUT2D eigenvalue weighted by molar-refractivity contribution is -0.134. The Labute approximate surface area is 198 Å². The molecule has 2 fully saturated rings. The van der Waals surface area contributed by atoms with Gasteiger partial charge in [0, 0.05) is 19.1 Å². The fraction of sp³-hybridized carbons (Fsp3) is 0.600. The van der Waals surface area contributed by atoms with Crippen molar-refractivity contribution in [2.75, 3.05) is 19.4 Å². The summed E-state index contributed by atoms with van der Waals surface area (Å²) in [5.74, 6) is 0.801. The number of fused-ring (bicyclic) bond motifs is 2. The number of methoxy groups -OCH3 is 1. The number of esters is 1. The highest BCUT2D eigenvalue weighted by atomic mass is 32.2. The largest absolute Gasteiger partial charge is 0.465 e. The van der Waals surface area contributed by atoms with Crippen molar-refractivity contribution in [2.45, 2.75) is 70.1 Å². The molecule has 1 aromatic carbocycles. The lowest BCUT2D eigenvalue weighted by atomic mass is 9.78.